The molecule has 1 aliphatic rings. The van der Waals surface area contributed by atoms with E-state index in [0.29, 0.717) is 6.04 Å². The van der Waals surface area contributed by atoms with Crippen LogP contribution >= 0.6 is 0 Å². The van der Waals surface area contributed by atoms with Gasteiger partial charge in [0.15, 0.2) is 0 Å². The van der Waals surface area contributed by atoms with E-state index in [0.717, 1.165) is 13.0 Å². The van der Waals surface area contributed by atoms with E-state index in [-0.39, 0.29) is 0 Å². The van der Waals surface area contributed by atoms with E-state index in [4.69, 9.17) is 0 Å². The van der Waals surface area contributed by atoms with Gasteiger partial charge in [0.1, 0.15) is 0 Å². The average Bonchev–Trinajstić information content (AvgIpc) is 2.85. The first-order chi connectivity index (χ1) is 9.33. The predicted molar refractivity (Wildman–Crippen MR) is 74.8 cm³/mol. The maximum absolute atomic E-state index is 4.55. The van der Waals surface area contributed by atoms with Gasteiger partial charge in [0.2, 0.25) is 0 Å². The van der Waals surface area contributed by atoms with Crippen LogP contribution in [0.5, 0.6) is 0 Å². The van der Waals surface area contributed by atoms with Gasteiger partial charge in [0, 0.05) is 25.5 Å². The smallest absolute Gasteiger partial charge is 0.0605 e. The van der Waals surface area contributed by atoms with Crippen LogP contribution in [0.1, 0.15) is 35.7 Å². The molecule has 19 heavy (non-hydrogen) atoms. The molecule has 2 aromatic heterocycles. The Morgan fingerprint density at radius 3 is 3.26 bits per heavy atom. The topological polar surface area (TPSA) is 42.7 Å². The molecular formula is C15H20N4. The van der Waals surface area contributed by atoms with Crippen LogP contribution in [0.15, 0.2) is 30.7 Å². The molecule has 0 aliphatic heterocycles. The maximum Gasteiger partial charge on any atom is 0.0605 e. The third-order valence-electron chi connectivity index (χ3n) is 3.76. The van der Waals surface area contributed by atoms with E-state index in [2.05, 4.69) is 27.7 Å². The normalized spacial score (nSPS) is 18.3. The van der Waals surface area contributed by atoms with E-state index in [1.54, 1.807) is 0 Å². The Labute approximate surface area is 113 Å². The van der Waals surface area contributed by atoms with Crippen LogP contribution in [-0.4, -0.2) is 21.3 Å². The number of nitrogens with zero attached hydrogens (tertiary/aromatic N) is 3. The monoisotopic (exact) mass is 256 g/mol. The van der Waals surface area contributed by atoms with Crippen molar-refractivity contribution >= 4 is 0 Å². The lowest BCUT2D eigenvalue weighted by atomic mass is 9.92. The molecule has 1 atom stereocenters. The Morgan fingerprint density at radius 2 is 2.42 bits per heavy atom. The zero-order chi connectivity index (χ0) is 13.1. The maximum atomic E-state index is 4.55. The van der Waals surface area contributed by atoms with Crippen LogP contribution in [0, 0.1) is 0 Å². The molecule has 4 nitrogen and oxygen atoms in total. The molecule has 0 fully saturated rings. The van der Waals surface area contributed by atoms with Gasteiger partial charge in [-0.3, -0.25) is 9.67 Å². The minimum absolute atomic E-state index is 0.418. The molecule has 0 amide bonds. The number of pyridine rings is 1. The number of fused-ring (bicyclic) bond motifs is 1. The molecule has 2 heterocycles. The minimum atomic E-state index is 0.418. The second-order valence-electron chi connectivity index (χ2n) is 5.22. The number of hydrogen-bond donors (Lipinski definition) is 1. The Hall–Kier alpha value is -1.68. The highest BCUT2D eigenvalue weighted by atomic mass is 15.2. The summed E-state index contributed by atoms with van der Waals surface area (Å²) in [7, 11) is 1.96. The summed E-state index contributed by atoms with van der Waals surface area (Å²) in [5.41, 5.74) is 3.94. The van der Waals surface area contributed by atoms with Crippen LogP contribution in [0.4, 0.5) is 0 Å². The number of rotatable bonds is 4. The van der Waals surface area contributed by atoms with Crippen LogP contribution in [0.3, 0.4) is 0 Å². The molecular weight excluding hydrogens is 236 g/mol. The summed E-state index contributed by atoms with van der Waals surface area (Å²) in [6.07, 6.45) is 10.6. The highest BCUT2D eigenvalue weighted by molar-refractivity contribution is 5.25. The number of aryl methyl sites for hydroxylation is 2. The standard InChI is InChI=1S/C15H20N4/c1-19-11-12(10-18-19)7-9-16-14-6-2-4-13-5-3-8-17-15(13)14/h3,5,8,10-11,14,16H,2,4,6-7,9H2,1H3. The molecule has 1 N–H and O–H groups in total. The summed E-state index contributed by atoms with van der Waals surface area (Å²) in [6.45, 7) is 0.979. The number of nitrogens with one attached hydrogen (secondary N) is 1. The van der Waals surface area contributed by atoms with Crippen molar-refractivity contribution < 1.29 is 0 Å². The quantitative estimate of drug-likeness (QED) is 0.910. The second kappa shape index (κ2) is 5.53. The van der Waals surface area contributed by atoms with E-state index in [1.165, 1.54) is 36.1 Å². The molecule has 1 unspecified atom stereocenters. The minimum Gasteiger partial charge on any atom is -0.308 e. The number of aromatic nitrogens is 3. The third kappa shape index (κ3) is 2.84. The number of hydrogen-bond acceptors (Lipinski definition) is 3. The van der Waals surface area contributed by atoms with Gasteiger partial charge < -0.3 is 5.32 Å². The fraction of sp³-hybridized carbons (Fsp3) is 0.467. The van der Waals surface area contributed by atoms with Gasteiger partial charge >= 0.3 is 0 Å². The van der Waals surface area contributed by atoms with E-state index in [9.17, 15) is 0 Å². The largest absolute Gasteiger partial charge is 0.308 e. The molecule has 2 aromatic rings. The second-order valence-corrected chi connectivity index (χ2v) is 5.22. The van der Waals surface area contributed by atoms with Crippen LogP contribution < -0.4 is 5.32 Å². The molecule has 0 saturated carbocycles. The van der Waals surface area contributed by atoms with Crippen LogP contribution in [-0.2, 0) is 19.9 Å². The summed E-state index contributed by atoms with van der Waals surface area (Å²) in [6, 6.07) is 4.66. The summed E-state index contributed by atoms with van der Waals surface area (Å²) in [5, 5.41) is 7.83. The van der Waals surface area contributed by atoms with Crippen molar-refractivity contribution in [3.8, 4) is 0 Å². The van der Waals surface area contributed by atoms with Crippen molar-refractivity contribution in [1.29, 1.82) is 0 Å². The van der Waals surface area contributed by atoms with Gasteiger partial charge in [-0.05, 0) is 49.4 Å². The molecule has 0 bridgehead atoms. The fourth-order valence-corrected chi connectivity index (χ4v) is 2.80. The molecule has 3 rings (SSSR count). The zero-order valence-electron chi connectivity index (χ0n) is 11.3. The van der Waals surface area contributed by atoms with E-state index in [1.807, 2.05) is 30.2 Å². The van der Waals surface area contributed by atoms with Crippen molar-refractivity contribution in [3.63, 3.8) is 0 Å². The van der Waals surface area contributed by atoms with Crippen molar-refractivity contribution in [2.45, 2.75) is 31.7 Å². The first kappa shape index (κ1) is 12.4. The van der Waals surface area contributed by atoms with Crippen LogP contribution in [0.25, 0.3) is 0 Å². The van der Waals surface area contributed by atoms with Gasteiger partial charge in [0.25, 0.3) is 0 Å². The Bertz CT molecular complexity index is 547. The third-order valence-corrected chi connectivity index (χ3v) is 3.76. The van der Waals surface area contributed by atoms with Gasteiger partial charge in [-0.15, -0.1) is 0 Å². The van der Waals surface area contributed by atoms with Crippen molar-refractivity contribution in [2.24, 2.45) is 7.05 Å². The van der Waals surface area contributed by atoms with Gasteiger partial charge in [-0.1, -0.05) is 6.07 Å². The first-order valence-corrected chi connectivity index (χ1v) is 6.97. The Balaban J connectivity index is 1.59. The van der Waals surface area contributed by atoms with E-state index >= 15 is 0 Å². The molecule has 0 spiro atoms. The highest BCUT2D eigenvalue weighted by Gasteiger charge is 2.20. The Kier molecular flexibility index (Phi) is 3.60. The Morgan fingerprint density at radius 1 is 1.47 bits per heavy atom. The summed E-state index contributed by atoms with van der Waals surface area (Å²) >= 11 is 0. The lowest BCUT2D eigenvalue weighted by Crippen LogP contribution is -2.27. The molecule has 0 radical (unpaired) electrons. The SMILES string of the molecule is Cn1cc(CCNC2CCCc3cccnc32)cn1. The van der Waals surface area contributed by atoms with E-state index < -0.39 is 0 Å². The highest BCUT2D eigenvalue weighted by Crippen LogP contribution is 2.27. The van der Waals surface area contributed by atoms with Gasteiger partial charge in [-0.25, -0.2) is 0 Å². The summed E-state index contributed by atoms with van der Waals surface area (Å²) in [5.74, 6) is 0. The van der Waals surface area contributed by atoms with Crippen molar-refractivity contribution in [3.05, 3.63) is 47.5 Å². The molecule has 1 aliphatic carbocycles. The predicted octanol–water partition coefficient (Wildman–Crippen LogP) is 2.02. The average molecular weight is 256 g/mol. The fourth-order valence-electron chi connectivity index (χ4n) is 2.80. The molecule has 0 saturated heterocycles. The first-order valence-electron chi connectivity index (χ1n) is 6.97. The molecule has 100 valence electrons. The zero-order valence-corrected chi connectivity index (χ0v) is 11.3. The summed E-state index contributed by atoms with van der Waals surface area (Å²) in [4.78, 5) is 4.55. The van der Waals surface area contributed by atoms with Crippen molar-refractivity contribution in [1.82, 2.24) is 20.1 Å². The van der Waals surface area contributed by atoms with Gasteiger partial charge in [0.05, 0.1) is 11.9 Å². The molecule has 0 aromatic carbocycles. The van der Waals surface area contributed by atoms with Crippen molar-refractivity contribution in [2.75, 3.05) is 6.54 Å². The molecule has 4 heteroatoms. The summed E-state index contributed by atoms with van der Waals surface area (Å²) < 4.78 is 1.85. The van der Waals surface area contributed by atoms with Gasteiger partial charge in [-0.2, -0.15) is 5.10 Å². The van der Waals surface area contributed by atoms with Crippen LogP contribution in [0.2, 0.25) is 0 Å². The lowest BCUT2D eigenvalue weighted by molar-refractivity contribution is 0.451. The lowest BCUT2D eigenvalue weighted by Gasteiger charge is -2.25.